The average Bonchev–Trinajstić information content (AvgIpc) is 2.85. The molecule has 70 valence electrons. The molecule has 1 spiro atoms. The molecule has 0 N–H and O–H groups in total. The van der Waals surface area contributed by atoms with Crippen molar-refractivity contribution in [1.82, 2.24) is 0 Å². The van der Waals surface area contributed by atoms with Gasteiger partial charge in [0.15, 0.2) is 0 Å². The van der Waals surface area contributed by atoms with Crippen LogP contribution in [0.15, 0.2) is 0 Å². The van der Waals surface area contributed by atoms with Crippen LogP contribution in [0.1, 0.15) is 47.0 Å². The Kier molecular flexibility index (Phi) is 1.79. The monoisotopic (exact) mass is 166 g/mol. The Morgan fingerprint density at radius 2 is 1.75 bits per heavy atom. The van der Waals surface area contributed by atoms with Crippen LogP contribution in [0, 0.1) is 29.1 Å². The van der Waals surface area contributed by atoms with Crippen molar-refractivity contribution in [3.63, 3.8) is 0 Å². The topological polar surface area (TPSA) is 0 Å². The zero-order chi connectivity index (χ0) is 8.93. The van der Waals surface area contributed by atoms with Crippen LogP contribution < -0.4 is 0 Å². The summed E-state index contributed by atoms with van der Waals surface area (Å²) in [5.41, 5.74) is 0.858. The van der Waals surface area contributed by atoms with Crippen LogP contribution in [0.5, 0.6) is 0 Å². The van der Waals surface area contributed by atoms with Crippen LogP contribution in [0.2, 0.25) is 0 Å². The maximum Gasteiger partial charge on any atom is -0.0207 e. The van der Waals surface area contributed by atoms with Crippen molar-refractivity contribution >= 4 is 0 Å². The highest BCUT2D eigenvalue weighted by molar-refractivity contribution is 5.22. The Morgan fingerprint density at radius 1 is 1.25 bits per heavy atom. The fourth-order valence-corrected chi connectivity index (χ4v) is 3.91. The molecule has 0 amide bonds. The van der Waals surface area contributed by atoms with Gasteiger partial charge < -0.3 is 0 Å². The van der Waals surface area contributed by atoms with Crippen LogP contribution in [0.4, 0.5) is 0 Å². The van der Waals surface area contributed by atoms with Crippen molar-refractivity contribution in [2.75, 3.05) is 0 Å². The SMILES string of the molecule is CCC(CC)C1C(C)C12CC2C. The number of rotatable bonds is 3. The molecule has 0 aromatic rings. The summed E-state index contributed by atoms with van der Waals surface area (Å²) in [5.74, 6) is 4.24. The standard InChI is InChI=1S/C12H22/c1-5-10(6-2)11-9(4)12(11)7-8(12)3/h8-11H,5-7H2,1-4H3. The molecule has 2 aliphatic carbocycles. The van der Waals surface area contributed by atoms with E-state index < -0.39 is 0 Å². The van der Waals surface area contributed by atoms with Crippen molar-refractivity contribution < 1.29 is 0 Å². The molecule has 2 rings (SSSR count). The minimum absolute atomic E-state index is 0.858. The van der Waals surface area contributed by atoms with Crippen molar-refractivity contribution in [2.24, 2.45) is 29.1 Å². The van der Waals surface area contributed by atoms with E-state index in [4.69, 9.17) is 0 Å². The van der Waals surface area contributed by atoms with Gasteiger partial charge in [-0.25, -0.2) is 0 Å². The van der Waals surface area contributed by atoms with E-state index >= 15 is 0 Å². The number of hydrogen-bond donors (Lipinski definition) is 0. The van der Waals surface area contributed by atoms with Gasteiger partial charge in [0.25, 0.3) is 0 Å². The Labute approximate surface area is 76.7 Å². The second-order valence-electron chi connectivity index (χ2n) is 5.11. The Morgan fingerprint density at radius 3 is 2.00 bits per heavy atom. The normalized spacial score (nSPS) is 50.2. The van der Waals surface area contributed by atoms with E-state index in [1.54, 1.807) is 0 Å². The fraction of sp³-hybridized carbons (Fsp3) is 1.00. The lowest BCUT2D eigenvalue weighted by Gasteiger charge is -2.11. The van der Waals surface area contributed by atoms with Crippen molar-refractivity contribution in [2.45, 2.75) is 47.0 Å². The summed E-state index contributed by atoms with van der Waals surface area (Å²) in [6, 6.07) is 0. The van der Waals surface area contributed by atoms with Gasteiger partial charge in [-0.05, 0) is 35.5 Å². The molecule has 4 unspecified atom stereocenters. The molecule has 0 aromatic carbocycles. The summed E-state index contributed by atoms with van der Waals surface area (Å²) in [6.45, 7) is 9.64. The summed E-state index contributed by atoms with van der Waals surface area (Å²) in [4.78, 5) is 0. The van der Waals surface area contributed by atoms with Gasteiger partial charge in [-0.3, -0.25) is 0 Å². The summed E-state index contributed by atoms with van der Waals surface area (Å²) in [7, 11) is 0. The molecule has 0 saturated heterocycles. The van der Waals surface area contributed by atoms with Gasteiger partial charge >= 0.3 is 0 Å². The minimum atomic E-state index is 0.858. The van der Waals surface area contributed by atoms with E-state index in [1.807, 2.05) is 0 Å². The predicted octanol–water partition coefficient (Wildman–Crippen LogP) is 3.71. The molecule has 2 fully saturated rings. The van der Waals surface area contributed by atoms with Crippen LogP contribution >= 0.6 is 0 Å². The van der Waals surface area contributed by atoms with Gasteiger partial charge in [0.1, 0.15) is 0 Å². The first-order chi connectivity index (χ1) is 5.68. The molecule has 0 aromatic heterocycles. The van der Waals surface area contributed by atoms with Crippen LogP contribution in [-0.2, 0) is 0 Å². The maximum absolute atomic E-state index is 2.48. The van der Waals surface area contributed by atoms with Crippen LogP contribution in [-0.4, -0.2) is 0 Å². The van der Waals surface area contributed by atoms with Gasteiger partial charge in [-0.1, -0.05) is 40.5 Å². The van der Waals surface area contributed by atoms with E-state index in [0.29, 0.717) is 0 Å². The largest absolute Gasteiger partial charge is 0.0651 e. The molecule has 0 aliphatic heterocycles. The predicted molar refractivity (Wildman–Crippen MR) is 52.9 cm³/mol. The van der Waals surface area contributed by atoms with Gasteiger partial charge in [-0.2, -0.15) is 0 Å². The molecule has 12 heavy (non-hydrogen) atoms. The van der Waals surface area contributed by atoms with Crippen LogP contribution in [0.25, 0.3) is 0 Å². The van der Waals surface area contributed by atoms with Crippen molar-refractivity contribution in [3.8, 4) is 0 Å². The summed E-state index contributed by atoms with van der Waals surface area (Å²) in [5, 5.41) is 0. The van der Waals surface area contributed by atoms with Crippen molar-refractivity contribution in [3.05, 3.63) is 0 Å². The van der Waals surface area contributed by atoms with E-state index in [9.17, 15) is 0 Å². The van der Waals surface area contributed by atoms with E-state index in [1.165, 1.54) is 19.3 Å². The third-order valence-electron chi connectivity index (χ3n) is 4.87. The second kappa shape index (κ2) is 2.49. The summed E-state index contributed by atoms with van der Waals surface area (Å²) >= 11 is 0. The first-order valence-corrected chi connectivity index (χ1v) is 5.68. The maximum atomic E-state index is 2.48. The minimum Gasteiger partial charge on any atom is -0.0651 e. The summed E-state index contributed by atoms with van der Waals surface area (Å²) in [6.07, 6.45) is 4.34. The van der Waals surface area contributed by atoms with E-state index in [0.717, 1.165) is 29.1 Å². The third kappa shape index (κ3) is 0.843. The van der Waals surface area contributed by atoms with E-state index in [-0.39, 0.29) is 0 Å². The van der Waals surface area contributed by atoms with Gasteiger partial charge in [-0.15, -0.1) is 0 Å². The quantitative estimate of drug-likeness (QED) is 0.599. The highest BCUT2D eigenvalue weighted by atomic mass is 14.8. The smallest absolute Gasteiger partial charge is 0.0207 e. The first kappa shape index (κ1) is 8.59. The molecule has 0 radical (unpaired) electrons. The molecular weight excluding hydrogens is 144 g/mol. The molecule has 2 aliphatic rings. The third-order valence-corrected chi connectivity index (χ3v) is 4.87. The highest BCUT2D eigenvalue weighted by Gasteiger charge is 2.74. The van der Waals surface area contributed by atoms with Gasteiger partial charge in [0.2, 0.25) is 0 Å². The van der Waals surface area contributed by atoms with Gasteiger partial charge in [0, 0.05) is 0 Å². The fourth-order valence-electron chi connectivity index (χ4n) is 3.91. The lowest BCUT2D eigenvalue weighted by atomic mass is 9.95. The molecule has 4 atom stereocenters. The molecule has 0 heterocycles. The number of hydrogen-bond acceptors (Lipinski definition) is 0. The lowest BCUT2D eigenvalue weighted by Crippen LogP contribution is -2.02. The Bertz CT molecular complexity index is 180. The first-order valence-electron chi connectivity index (χ1n) is 5.68. The molecule has 2 saturated carbocycles. The molecule has 0 heteroatoms. The highest BCUT2D eigenvalue weighted by Crippen LogP contribution is 2.80. The second-order valence-corrected chi connectivity index (χ2v) is 5.11. The molecule has 0 bridgehead atoms. The average molecular weight is 166 g/mol. The summed E-state index contributed by atoms with van der Waals surface area (Å²) < 4.78 is 0. The molecule has 0 nitrogen and oxygen atoms in total. The lowest BCUT2D eigenvalue weighted by molar-refractivity contribution is 0.390. The zero-order valence-corrected chi connectivity index (χ0v) is 8.93. The van der Waals surface area contributed by atoms with Crippen molar-refractivity contribution in [1.29, 1.82) is 0 Å². The van der Waals surface area contributed by atoms with Gasteiger partial charge in [0.05, 0.1) is 0 Å². The Balaban J connectivity index is 2.00. The van der Waals surface area contributed by atoms with Crippen LogP contribution in [0.3, 0.4) is 0 Å². The van der Waals surface area contributed by atoms with E-state index in [2.05, 4.69) is 27.7 Å². The Hall–Kier alpha value is 0. The zero-order valence-electron chi connectivity index (χ0n) is 8.93. The molecular formula is C12H22.